The topological polar surface area (TPSA) is 61.4 Å². The highest BCUT2D eigenvalue weighted by atomic mass is 19.1. The lowest BCUT2D eigenvalue weighted by molar-refractivity contribution is -0.126. The number of likely N-dealkylation sites (tertiary alicyclic amines) is 1. The summed E-state index contributed by atoms with van der Waals surface area (Å²) in [5.74, 6) is -0.0947. The molecule has 0 spiro atoms. The van der Waals surface area contributed by atoms with Gasteiger partial charge in [0, 0.05) is 25.3 Å². The van der Waals surface area contributed by atoms with E-state index in [2.05, 4.69) is 10.6 Å². The van der Waals surface area contributed by atoms with Crippen molar-refractivity contribution in [3.8, 4) is 0 Å². The van der Waals surface area contributed by atoms with Crippen LogP contribution in [0.15, 0.2) is 24.3 Å². The third-order valence-electron chi connectivity index (χ3n) is 3.86. The summed E-state index contributed by atoms with van der Waals surface area (Å²) in [5, 5.41) is 5.67. The van der Waals surface area contributed by atoms with Crippen LogP contribution in [0.1, 0.15) is 26.7 Å². The van der Waals surface area contributed by atoms with Crippen molar-refractivity contribution < 1.29 is 14.0 Å². The van der Waals surface area contributed by atoms with Crippen molar-refractivity contribution in [1.29, 1.82) is 0 Å². The highest BCUT2D eigenvalue weighted by Gasteiger charge is 2.28. The van der Waals surface area contributed by atoms with Gasteiger partial charge < -0.3 is 15.5 Å². The van der Waals surface area contributed by atoms with E-state index in [-0.39, 0.29) is 23.7 Å². The Morgan fingerprint density at radius 2 is 2.00 bits per heavy atom. The van der Waals surface area contributed by atoms with Gasteiger partial charge in [0.15, 0.2) is 0 Å². The molecular formula is C17H24FN3O2. The molecule has 6 heteroatoms. The first-order chi connectivity index (χ1) is 11.0. The summed E-state index contributed by atoms with van der Waals surface area (Å²) in [6.07, 6.45) is 1.60. The summed E-state index contributed by atoms with van der Waals surface area (Å²) in [6, 6.07) is 5.38. The molecular weight excluding hydrogens is 297 g/mol. The molecule has 0 aromatic heterocycles. The number of carbonyl (C=O) groups is 2. The fraction of sp³-hybridized carbons (Fsp3) is 0.529. The monoisotopic (exact) mass is 321 g/mol. The van der Waals surface area contributed by atoms with Crippen LogP contribution in [0.25, 0.3) is 0 Å². The number of halogens is 1. The Morgan fingerprint density at radius 1 is 1.30 bits per heavy atom. The average Bonchev–Trinajstić information content (AvgIpc) is 2.54. The molecule has 3 amide bonds. The minimum atomic E-state index is -0.345. The van der Waals surface area contributed by atoms with Crippen molar-refractivity contribution in [1.82, 2.24) is 10.2 Å². The lowest BCUT2D eigenvalue weighted by Crippen LogP contribution is -2.47. The molecule has 0 aliphatic carbocycles. The second-order valence-corrected chi connectivity index (χ2v) is 6.36. The van der Waals surface area contributed by atoms with Gasteiger partial charge in [0.25, 0.3) is 0 Å². The van der Waals surface area contributed by atoms with E-state index in [0.717, 1.165) is 12.8 Å². The van der Waals surface area contributed by atoms with E-state index in [1.807, 2.05) is 13.8 Å². The molecule has 1 aromatic carbocycles. The van der Waals surface area contributed by atoms with Crippen molar-refractivity contribution in [3.05, 3.63) is 30.1 Å². The van der Waals surface area contributed by atoms with Crippen molar-refractivity contribution in [2.75, 3.05) is 25.0 Å². The van der Waals surface area contributed by atoms with Gasteiger partial charge in [-0.2, -0.15) is 0 Å². The summed E-state index contributed by atoms with van der Waals surface area (Å²) >= 11 is 0. The zero-order chi connectivity index (χ0) is 16.8. The predicted molar refractivity (Wildman–Crippen MR) is 87.6 cm³/mol. The number of amides is 3. The molecule has 2 rings (SSSR count). The summed E-state index contributed by atoms with van der Waals surface area (Å²) in [7, 11) is 0. The van der Waals surface area contributed by atoms with E-state index in [4.69, 9.17) is 0 Å². The molecule has 1 aliphatic heterocycles. The quantitative estimate of drug-likeness (QED) is 0.896. The van der Waals surface area contributed by atoms with Crippen LogP contribution in [-0.4, -0.2) is 36.5 Å². The van der Waals surface area contributed by atoms with Crippen LogP contribution in [0, 0.1) is 17.7 Å². The molecule has 1 aliphatic rings. The number of urea groups is 1. The SMILES string of the molecule is CC(C)CNC(=O)[C@H]1CCCN(C(=O)Nc2ccc(F)cc2)C1. The van der Waals surface area contributed by atoms with E-state index in [9.17, 15) is 14.0 Å². The molecule has 23 heavy (non-hydrogen) atoms. The smallest absolute Gasteiger partial charge is 0.321 e. The maximum atomic E-state index is 12.9. The van der Waals surface area contributed by atoms with Gasteiger partial charge in [-0.3, -0.25) is 4.79 Å². The highest BCUT2D eigenvalue weighted by Crippen LogP contribution is 2.18. The fourth-order valence-electron chi connectivity index (χ4n) is 2.56. The van der Waals surface area contributed by atoms with Gasteiger partial charge in [0.1, 0.15) is 5.82 Å². The number of benzene rings is 1. The van der Waals surface area contributed by atoms with Crippen molar-refractivity contribution >= 4 is 17.6 Å². The van der Waals surface area contributed by atoms with E-state index < -0.39 is 0 Å². The van der Waals surface area contributed by atoms with E-state index in [1.54, 1.807) is 4.90 Å². The van der Waals surface area contributed by atoms with Gasteiger partial charge >= 0.3 is 6.03 Å². The van der Waals surface area contributed by atoms with Crippen LogP contribution in [0.2, 0.25) is 0 Å². The van der Waals surface area contributed by atoms with E-state index >= 15 is 0 Å². The molecule has 126 valence electrons. The lowest BCUT2D eigenvalue weighted by atomic mass is 9.97. The Hall–Kier alpha value is -2.11. The van der Waals surface area contributed by atoms with Crippen LogP contribution in [0.3, 0.4) is 0 Å². The average molecular weight is 321 g/mol. The lowest BCUT2D eigenvalue weighted by Gasteiger charge is -2.32. The molecule has 1 atom stereocenters. The first kappa shape index (κ1) is 17.2. The molecule has 0 bridgehead atoms. The fourth-order valence-corrected chi connectivity index (χ4v) is 2.56. The van der Waals surface area contributed by atoms with Crippen LogP contribution < -0.4 is 10.6 Å². The largest absolute Gasteiger partial charge is 0.356 e. The van der Waals surface area contributed by atoms with Crippen molar-refractivity contribution in [2.45, 2.75) is 26.7 Å². The van der Waals surface area contributed by atoms with Crippen molar-refractivity contribution in [2.24, 2.45) is 11.8 Å². The first-order valence-electron chi connectivity index (χ1n) is 8.05. The molecule has 0 radical (unpaired) electrons. The molecule has 2 N–H and O–H groups in total. The number of hydrogen-bond donors (Lipinski definition) is 2. The summed E-state index contributed by atoms with van der Waals surface area (Å²) in [6.45, 7) is 5.78. The Labute approximate surface area is 136 Å². The predicted octanol–water partition coefficient (Wildman–Crippen LogP) is 2.84. The second-order valence-electron chi connectivity index (χ2n) is 6.36. The third kappa shape index (κ3) is 5.23. The third-order valence-corrected chi connectivity index (χ3v) is 3.86. The van der Waals surface area contributed by atoms with Gasteiger partial charge in [-0.25, -0.2) is 9.18 Å². The molecule has 1 saturated heterocycles. The van der Waals surface area contributed by atoms with Gasteiger partial charge in [-0.1, -0.05) is 13.8 Å². The first-order valence-corrected chi connectivity index (χ1v) is 8.05. The molecule has 0 unspecified atom stereocenters. The van der Waals surface area contributed by atoms with Gasteiger partial charge in [0.05, 0.1) is 5.92 Å². The number of rotatable bonds is 4. The second kappa shape index (κ2) is 7.94. The summed E-state index contributed by atoms with van der Waals surface area (Å²) < 4.78 is 12.9. The zero-order valence-corrected chi connectivity index (χ0v) is 13.6. The van der Waals surface area contributed by atoms with Crippen LogP contribution in [0.4, 0.5) is 14.9 Å². The highest BCUT2D eigenvalue weighted by molar-refractivity contribution is 5.90. The minimum Gasteiger partial charge on any atom is -0.356 e. The Balaban J connectivity index is 1.88. The molecule has 1 aromatic rings. The normalized spacial score (nSPS) is 17.9. The maximum Gasteiger partial charge on any atom is 0.321 e. The summed E-state index contributed by atoms with van der Waals surface area (Å²) in [4.78, 5) is 26.1. The number of anilines is 1. The number of piperidine rings is 1. The van der Waals surface area contributed by atoms with Crippen molar-refractivity contribution in [3.63, 3.8) is 0 Å². The van der Waals surface area contributed by atoms with Crippen LogP contribution >= 0.6 is 0 Å². The number of nitrogens with zero attached hydrogens (tertiary/aromatic N) is 1. The number of carbonyl (C=O) groups excluding carboxylic acids is 2. The van der Waals surface area contributed by atoms with E-state index in [0.29, 0.717) is 31.2 Å². The Bertz CT molecular complexity index is 545. The zero-order valence-electron chi connectivity index (χ0n) is 13.6. The van der Waals surface area contributed by atoms with Gasteiger partial charge in [0.2, 0.25) is 5.91 Å². The van der Waals surface area contributed by atoms with Gasteiger partial charge in [-0.15, -0.1) is 0 Å². The molecule has 1 heterocycles. The van der Waals surface area contributed by atoms with Crippen LogP contribution in [0.5, 0.6) is 0 Å². The molecule has 1 fully saturated rings. The Morgan fingerprint density at radius 3 is 2.65 bits per heavy atom. The van der Waals surface area contributed by atoms with Crippen LogP contribution in [-0.2, 0) is 4.79 Å². The number of nitrogens with one attached hydrogen (secondary N) is 2. The van der Waals surface area contributed by atoms with Gasteiger partial charge in [-0.05, 0) is 43.0 Å². The molecule has 0 saturated carbocycles. The van der Waals surface area contributed by atoms with E-state index in [1.165, 1.54) is 24.3 Å². The Kier molecular flexibility index (Phi) is 5.96. The summed E-state index contributed by atoms with van der Waals surface area (Å²) in [5.41, 5.74) is 0.544. The molecule has 5 nitrogen and oxygen atoms in total. The number of hydrogen-bond acceptors (Lipinski definition) is 2. The maximum absolute atomic E-state index is 12.9. The standard InChI is InChI=1S/C17H24FN3O2/c1-12(2)10-19-16(22)13-4-3-9-21(11-13)17(23)20-15-7-5-14(18)6-8-15/h5-8,12-13H,3-4,9-11H2,1-2H3,(H,19,22)(H,20,23)/t13-/m0/s1. The minimum absolute atomic E-state index is 0.0120.